The fourth-order valence-corrected chi connectivity index (χ4v) is 3.32. The standard InChI is InChI=1S/C18H19ClN6O3/c1-10-17-18(27)24(9-20-25(17)11(2)21-10)8-16-22-15(23-28-16)7-14(26)12-3-5-13(19)6-4-12/h3-6,14,20,26H,7-9H2,1-2H3. The van der Waals surface area contributed by atoms with Crippen LogP contribution < -0.4 is 5.43 Å². The quantitative estimate of drug-likeness (QED) is 0.671. The van der Waals surface area contributed by atoms with Crippen molar-refractivity contribution in [2.75, 3.05) is 12.1 Å². The Labute approximate surface area is 165 Å². The number of halogens is 1. The van der Waals surface area contributed by atoms with E-state index in [1.807, 2.05) is 6.92 Å². The molecule has 2 aromatic heterocycles. The molecule has 0 fully saturated rings. The van der Waals surface area contributed by atoms with Gasteiger partial charge in [0.25, 0.3) is 5.91 Å². The Bertz CT molecular complexity index is 1010. The van der Waals surface area contributed by atoms with Gasteiger partial charge in [0.05, 0.1) is 11.8 Å². The van der Waals surface area contributed by atoms with Gasteiger partial charge >= 0.3 is 0 Å². The highest BCUT2D eigenvalue weighted by molar-refractivity contribution is 6.30. The molecule has 1 aromatic carbocycles. The maximum Gasteiger partial charge on any atom is 0.276 e. The van der Waals surface area contributed by atoms with Crippen LogP contribution in [0.5, 0.6) is 0 Å². The number of aryl methyl sites for hydroxylation is 2. The van der Waals surface area contributed by atoms with Gasteiger partial charge in [-0.2, -0.15) is 4.98 Å². The van der Waals surface area contributed by atoms with Gasteiger partial charge < -0.3 is 20.0 Å². The van der Waals surface area contributed by atoms with E-state index in [0.717, 1.165) is 5.82 Å². The number of nitrogens with zero attached hydrogens (tertiary/aromatic N) is 5. The van der Waals surface area contributed by atoms with Gasteiger partial charge in [-0.05, 0) is 31.5 Å². The fraction of sp³-hybridized carbons (Fsp3) is 0.333. The van der Waals surface area contributed by atoms with Crippen LogP contribution in [0.3, 0.4) is 0 Å². The van der Waals surface area contributed by atoms with E-state index in [1.54, 1.807) is 40.8 Å². The summed E-state index contributed by atoms with van der Waals surface area (Å²) in [6.07, 6.45) is -0.580. The number of nitrogens with one attached hydrogen (secondary N) is 1. The van der Waals surface area contributed by atoms with Crippen molar-refractivity contribution >= 4 is 17.5 Å². The van der Waals surface area contributed by atoms with Gasteiger partial charge in [-0.3, -0.25) is 4.79 Å². The first kappa shape index (κ1) is 18.5. The normalized spacial score (nSPS) is 14.7. The Kier molecular flexibility index (Phi) is 4.78. The number of fused-ring (bicyclic) bond motifs is 1. The summed E-state index contributed by atoms with van der Waals surface area (Å²) in [5.74, 6) is 1.25. The van der Waals surface area contributed by atoms with E-state index >= 15 is 0 Å². The molecule has 0 radical (unpaired) electrons. The number of amides is 1. The van der Waals surface area contributed by atoms with Crippen molar-refractivity contribution in [2.24, 2.45) is 0 Å². The summed E-state index contributed by atoms with van der Waals surface area (Å²) in [5.41, 5.74) is 5.01. The second-order valence-corrected chi connectivity index (χ2v) is 7.06. The van der Waals surface area contributed by atoms with E-state index in [0.29, 0.717) is 40.4 Å². The minimum atomic E-state index is -0.777. The van der Waals surface area contributed by atoms with E-state index in [2.05, 4.69) is 20.6 Å². The van der Waals surface area contributed by atoms with Crippen molar-refractivity contribution in [3.8, 4) is 0 Å². The topological polar surface area (TPSA) is 109 Å². The van der Waals surface area contributed by atoms with Crippen molar-refractivity contribution in [1.29, 1.82) is 0 Å². The third kappa shape index (κ3) is 3.46. The molecule has 0 saturated heterocycles. The maximum atomic E-state index is 12.7. The predicted molar refractivity (Wildman–Crippen MR) is 100 cm³/mol. The van der Waals surface area contributed by atoms with E-state index in [1.165, 1.54) is 0 Å². The molecule has 146 valence electrons. The molecule has 1 atom stereocenters. The van der Waals surface area contributed by atoms with Crippen LogP contribution in [0.1, 0.15) is 45.4 Å². The first-order valence-corrected chi connectivity index (χ1v) is 9.14. The molecular weight excluding hydrogens is 384 g/mol. The van der Waals surface area contributed by atoms with E-state index in [9.17, 15) is 9.90 Å². The number of aliphatic hydroxyl groups excluding tert-OH is 1. The van der Waals surface area contributed by atoms with Crippen LogP contribution in [-0.2, 0) is 13.0 Å². The number of aliphatic hydroxyl groups is 1. The van der Waals surface area contributed by atoms with Crippen LogP contribution in [0.4, 0.5) is 0 Å². The highest BCUT2D eigenvalue weighted by Crippen LogP contribution is 2.20. The van der Waals surface area contributed by atoms with Gasteiger partial charge in [-0.1, -0.05) is 28.9 Å². The monoisotopic (exact) mass is 402 g/mol. The number of imidazole rings is 1. The number of hydrogen-bond acceptors (Lipinski definition) is 7. The van der Waals surface area contributed by atoms with Crippen LogP contribution in [0.25, 0.3) is 0 Å². The summed E-state index contributed by atoms with van der Waals surface area (Å²) in [6.45, 7) is 4.10. The van der Waals surface area contributed by atoms with Gasteiger partial charge in [0.2, 0.25) is 5.89 Å². The summed E-state index contributed by atoms with van der Waals surface area (Å²) in [6, 6.07) is 6.93. The third-order valence-electron chi connectivity index (χ3n) is 4.60. The number of carbonyl (C=O) groups excluding carboxylic acids is 1. The SMILES string of the molecule is Cc1nc(C)n2c1C(=O)N(Cc1nc(CC(O)c3ccc(Cl)cc3)no1)CN2. The number of aromatic nitrogens is 4. The average Bonchev–Trinajstić information content (AvgIpc) is 3.22. The van der Waals surface area contributed by atoms with Crippen LogP contribution >= 0.6 is 11.6 Å². The van der Waals surface area contributed by atoms with Crippen molar-refractivity contribution < 1.29 is 14.4 Å². The van der Waals surface area contributed by atoms with Gasteiger partial charge in [0.1, 0.15) is 19.0 Å². The highest BCUT2D eigenvalue weighted by atomic mass is 35.5. The van der Waals surface area contributed by atoms with Crippen LogP contribution in [0.15, 0.2) is 28.8 Å². The second-order valence-electron chi connectivity index (χ2n) is 6.62. The molecule has 28 heavy (non-hydrogen) atoms. The lowest BCUT2D eigenvalue weighted by atomic mass is 10.1. The first-order valence-electron chi connectivity index (χ1n) is 8.76. The molecule has 0 bridgehead atoms. The molecule has 4 rings (SSSR count). The Morgan fingerprint density at radius 2 is 2.04 bits per heavy atom. The molecule has 3 aromatic rings. The van der Waals surface area contributed by atoms with E-state index in [4.69, 9.17) is 16.1 Å². The molecule has 3 heterocycles. The number of carbonyl (C=O) groups is 1. The minimum absolute atomic E-state index is 0.155. The molecule has 1 amide bonds. The summed E-state index contributed by atoms with van der Waals surface area (Å²) in [5, 5.41) is 14.8. The van der Waals surface area contributed by atoms with Gasteiger partial charge in [-0.25, -0.2) is 9.66 Å². The summed E-state index contributed by atoms with van der Waals surface area (Å²) in [4.78, 5) is 22.9. The van der Waals surface area contributed by atoms with Gasteiger partial charge in [0, 0.05) is 11.4 Å². The van der Waals surface area contributed by atoms with E-state index < -0.39 is 6.10 Å². The second kappa shape index (κ2) is 7.25. The van der Waals surface area contributed by atoms with Crippen molar-refractivity contribution in [2.45, 2.75) is 32.9 Å². The molecule has 9 nitrogen and oxygen atoms in total. The van der Waals surface area contributed by atoms with Crippen LogP contribution in [0, 0.1) is 13.8 Å². The maximum absolute atomic E-state index is 12.7. The molecule has 0 saturated carbocycles. The average molecular weight is 403 g/mol. The molecule has 0 spiro atoms. The Morgan fingerprint density at radius 3 is 2.79 bits per heavy atom. The van der Waals surface area contributed by atoms with Gasteiger partial charge in [-0.15, -0.1) is 0 Å². The van der Waals surface area contributed by atoms with Crippen molar-refractivity contribution in [1.82, 2.24) is 24.7 Å². The summed E-state index contributed by atoms with van der Waals surface area (Å²) in [7, 11) is 0. The number of benzene rings is 1. The lowest BCUT2D eigenvalue weighted by Crippen LogP contribution is -2.45. The Hall–Kier alpha value is -2.91. The third-order valence-corrected chi connectivity index (χ3v) is 4.85. The first-order chi connectivity index (χ1) is 13.4. The van der Waals surface area contributed by atoms with E-state index in [-0.39, 0.29) is 18.9 Å². The number of hydrogen-bond donors (Lipinski definition) is 2. The van der Waals surface area contributed by atoms with Gasteiger partial charge in [0.15, 0.2) is 11.5 Å². The Morgan fingerprint density at radius 1 is 1.29 bits per heavy atom. The molecule has 1 unspecified atom stereocenters. The van der Waals surface area contributed by atoms with Crippen molar-refractivity contribution in [3.63, 3.8) is 0 Å². The number of rotatable bonds is 5. The summed E-state index contributed by atoms with van der Waals surface area (Å²) < 4.78 is 6.95. The summed E-state index contributed by atoms with van der Waals surface area (Å²) >= 11 is 5.86. The highest BCUT2D eigenvalue weighted by Gasteiger charge is 2.30. The molecule has 0 aliphatic carbocycles. The lowest BCUT2D eigenvalue weighted by molar-refractivity contribution is 0.0695. The van der Waals surface area contributed by atoms with Crippen LogP contribution in [-0.4, -0.2) is 42.4 Å². The zero-order valence-electron chi connectivity index (χ0n) is 15.4. The molecule has 1 aliphatic heterocycles. The minimum Gasteiger partial charge on any atom is -0.388 e. The zero-order valence-corrected chi connectivity index (χ0v) is 16.1. The Balaban J connectivity index is 1.43. The molecule has 2 N–H and O–H groups in total. The molecule has 10 heteroatoms. The molecule has 1 aliphatic rings. The largest absolute Gasteiger partial charge is 0.388 e. The van der Waals surface area contributed by atoms with Crippen molar-refractivity contribution in [3.05, 3.63) is 63.8 Å². The zero-order chi connectivity index (χ0) is 19.8. The van der Waals surface area contributed by atoms with Crippen LogP contribution in [0.2, 0.25) is 5.02 Å². The fourth-order valence-electron chi connectivity index (χ4n) is 3.19. The lowest BCUT2D eigenvalue weighted by Gasteiger charge is -2.28. The molecular formula is C18H19ClN6O3. The smallest absolute Gasteiger partial charge is 0.276 e. The predicted octanol–water partition coefficient (Wildman–Crippen LogP) is 1.97.